The lowest BCUT2D eigenvalue weighted by Gasteiger charge is -2.36. The van der Waals surface area contributed by atoms with Gasteiger partial charge in [0.1, 0.15) is 35.0 Å². The Hall–Kier alpha value is -2.68. The smallest absolute Gasteiger partial charge is 0.355 e. The van der Waals surface area contributed by atoms with Crippen molar-refractivity contribution in [3.8, 4) is 5.75 Å². The van der Waals surface area contributed by atoms with E-state index < -0.39 is 23.4 Å². The topological polar surface area (TPSA) is 117 Å². The molecule has 9 heteroatoms. The molecule has 1 aromatic rings. The van der Waals surface area contributed by atoms with Gasteiger partial charge in [-0.1, -0.05) is 19.1 Å². The maximum Gasteiger partial charge on any atom is 0.355 e. The van der Waals surface area contributed by atoms with E-state index in [9.17, 15) is 19.5 Å². The number of carbonyl (C=O) groups excluding carboxylic acids is 3. The third-order valence-corrected chi connectivity index (χ3v) is 6.12. The highest BCUT2D eigenvalue weighted by Crippen LogP contribution is 2.34. The fourth-order valence-electron chi connectivity index (χ4n) is 3.46. The van der Waals surface area contributed by atoms with Crippen molar-refractivity contribution >= 4 is 29.5 Å². The average molecular weight is 389 g/mol. The number of phenolic OH excluding ortho intramolecular Hbond substituents is 1. The van der Waals surface area contributed by atoms with Crippen molar-refractivity contribution in [2.45, 2.75) is 36.9 Å². The lowest BCUT2D eigenvalue weighted by atomic mass is 10.0. The second-order valence-electron chi connectivity index (χ2n) is 6.60. The molecule has 3 unspecified atom stereocenters. The van der Waals surface area contributed by atoms with Crippen LogP contribution in [-0.2, 0) is 19.1 Å². The Kier molecular flexibility index (Phi) is 4.47. The predicted octanol–water partition coefficient (Wildman–Crippen LogP) is 0.300. The maximum absolute atomic E-state index is 12.6. The average Bonchev–Trinajstić information content (AvgIpc) is 2.99. The molecular formula is C18H19N3O5S. The fraction of sp³-hybridized carbons (Fsp3) is 0.389. The van der Waals surface area contributed by atoms with E-state index in [-0.39, 0.29) is 23.7 Å². The van der Waals surface area contributed by atoms with Crippen LogP contribution >= 0.6 is 11.8 Å². The summed E-state index contributed by atoms with van der Waals surface area (Å²) in [5.41, 5.74) is 1.90. The van der Waals surface area contributed by atoms with Crippen molar-refractivity contribution < 1.29 is 24.2 Å². The van der Waals surface area contributed by atoms with Crippen molar-refractivity contribution in [3.05, 3.63) is 41.1 Å². The minimum atomic E-state index is -0.821. The normalized spacial score (nSPS) is 30.2. The first-order valence-electron chi connectivity index (χ1n) is 8.69. The molecule has 2 amide bonds. The molecule has 4 rings (SSSR count). The standard InChI is InChI=1S/C18H19N3O5S/c1-2-11-10-7-27-17(21-13(10)18(25)26-11)14-16(24)19-12(15(23)20-14)8-3-5-9(22)6-4-8/h3-6,11-12,14,17,21-22H,2,7H2,1H3,(H,19,24)(H,20,23)/t11-,12?,14?,17?/m1/s1. The number of aromatic hydroxyl groups is 1. The van der Waals surface area contributed by atoms with Crippen LogP contribution in [0, 0.1) is 0 Å². The quantitative estimate of drug-likeness (QED) is 0.550. The summed E-state index contributed by atoms with van der Waals surface area (Å²) in [5, 5.41) is 17.5. The van der Waals surface area contributed by atoms with Gasteiger partial charge in [0.15, 0.2) is 0 Å². The zero-order valence-corrected chi connectivity index (χ0v) is 15.3. The largest absolute Gasteiger partial charge is 0.508 e. The van der Waals surface area contributed by atoms with Crippen LogP contribution in [0.15, 0.2) is 35.5 Å². The van der Waals surface area contributed by atoms with Gasteiger partial charge in [0.25, 0.3) is 0 Å². The third-order valence-electron chi connectivity index (χ3n) is 4.90. The van der Waals surface area contributed by atoms with Crippen LogP contribution in [0.3, 0.4) is 0 Å². The minimum Gasteiger partial charge on any atom is -0.508 e. The highest BCUT2D eigenvalue weighted by atomic mass is 32.2. The van der Waals surface area contributed by atoms with Gasteiger partial charge in [0.2, 0.25) is 11.8 Å². The number of carbonyl (C=O) groups is 3. The molecular weight excluding hydrogens is 370 g/mol. The molecule has 3 heterocycles. The second kappa shape index (κ2) is 6.80. The summed E-state index contributed by atoms with van der Waals surface area (Å²) >= 11 is 1.46. The van der Waals surface area contributed by atoms with E-state index in [1.165, 1.54) is 23.9 Å². The molecule has 4 atom stereocenters. The van der Waals surface area contributed by atoms with E-state index in [1.807, 2.05) is 6.92 Å². The van der Waals surface area contributed by atoms with E-state index in [1.54, 1.807) is 12.1 Å². The number of amides is 2. The maximum atomic E-state index is 12.6. The number of thioether (sulfide) groups is 1. The van der Waals surface area contributed by atoms with Crippen LogP contribution in [0.25, 0.3) is 0 Å². The Balaban J connectivity index is 1.49. The third kappa shape index (κ3) is 3.12. The summed E-state index contributed by atoms with van der Waals surface area (Å²) in [5.74, 6) is -0.433. The molecule has 8 nitrogen and oxygen atoms in total. The molecule has 142 valence electrons. The molecule has 0 aliphatic carbocycles. The van der Waals surface area contributed by atoms with Crippen molar-refractivity contribution in [2.75, 3.05) is 5.75 Å². The van der Waals surface area contributed by atoms with Gasteiger partial charge >= 0.3 is 5.97 Å². The first-order chi connectivity index (χ1) is 13.0. The Morgan fingerprint density at radius 3 is 2.56 bits per heavy atom. The number of ether oxygens (including phenoxy) is 1. The summed E-state index contributed by atoms with van der Waals surface area (Å²) in [4.78, 5) is 37.2. The number of hydrogen-bond acceptors (Lipinski definition) is 7. The number of nitrogens with one attached hydrogen (secondary N) is 3. The van der Waals surface area contributed by atoms with Crippen LogP contribution in [0.5, 0.6) is 5.75 Å². The summed E-state index contributed by atoms with van der Waals surface area (Å²) < 4.78 is 5.33. The van der Waals surface area contributed by atoms with E-state index in [2.05, 4.69) is 16.0 Å². The lowest BCUT2D eigenvalue weighted by molar-refractivity contribution is -0.140. The number of benzene rings is 1. The zero-order valence-electron chi connectivity index (χ0n) is 14.5. The van der Waals surface area contributed by atoms with Gasteiger partial charge in [-0.25, -0.2) is 4.79 Å². The minimum absolute atomic E-state index is 0.0832. The first-order valence-corrected chi connectivity index (χ1v) is 9.74. The van der Waals surface area contributed by atoms with E-state index >= 15 is 0 Å². The molecule has 4 N–H and O–H groups in total. The molecule has 1 fully saturated rings. The van der Waals surface area contributed by atoms with Crippen LogP contribution in [0.2, 0.25) is 0 Å². The predicted molar refractivity (Wildman–Crippen MR) is 97.5 cm³/mol. The highest BCUT2D eigenvalue weighted by molar-refractivity contribution is 8.00. The van der Waals surface area contributed by atoms with E-state index in [0.29, 0.717) is 23.4 Å². The van der Waals surface area contributed by atoms with Gasteiger partial charge in [-0.15, -0.1) is 11.8 Å². The van der Waals surface area contributed by atoms with Crippen molar-refractivity contribution in [1.29, 1.82) is 0 Å². The van der Waals surface area contributed by atoms with Gasteiger partial charge in [-0.05, 0) is 24.1 Å². The number of piperazine rings is 1. The molecule has 0 radical (unpaired) electrons. The Morgan fingerprint density at radius 2 is 1.85 bits per heavy atom. The SMILES string of the molecule is CC[C@H]1OC(=O)C2=C1CSC(C1NC(=O)C(c3ccc(O)cc3)NC1=O)N2. The molecule has 27 heavy (non-hydrogen) atoms. The number of cyclic esters (lactones) is 1. The van der Waals surface area contributed by atoms with Crippen LogP contribution in [-0.4, -0.2) is 46.2 Å². The Labute approximate surface area is 159 Å². The molecule has 0 aromatic heterocycles. The lowest BCUT2D eigenvalue weighted by Crippen LogP contribution is -2.64. The summed E-state index contributed by atoms with van der Waals surface area (Å²) in [6.07, 6.45) is 0.481. The fourth-order valence-corrected chi connectivity index (χ4v) is 4.73. The summed E-state index contributed by atoms with van der Waals surface area (Å²) in [7, 11) is 0. The van der Waals surface area contributed by atoms with Gasteiger partial charge in [0.05, 0.1) is 0 Å². The summed E-state index contributed by atoms with van der Waals surface area (Å²) in [6, 6.07) is 4.47. The summed E-state index contributed by atoms with van der Waals surface area (Å²) in [6.45, 7) is 1.95. The molecule has 1 aromatic carbocycles. The van der Waals surface area contributed by atoms with Crippen LogP contribution in [0.1, 0.15) is 24.9 Å². The highest BCUT2D eigenvalue weighted by Gasteiger charge is 2.44. The van der Waals surface area contributed by atoms with E-state index in [4.69, 9.17) is 4.74 Å². The molecule has 3 aliphatic rings. The molecule has 0 saturated carbocycles. The Morgan fingerprint density at radius 1 is 1.11 bits per heavy atom. The number of rotatable bonds is 3. The molecule has 0 spiro atoms. The van der Waals surface area contributed by atoms with Crippen molar-refractivity contribution in [2.24, 2.45) is 0 Å². The van der Waals surface area contributed by atoms with Gasteiger partial charge in [-0.3, -0.25) is 9.59 Å². The second-order valence-corrected chi connectivity index (χ2v) is 7.73. The molecule has 1 saturated heterocycles. The van der Waals surface area contributed by atoms with Crippen LogP contribution < -0.4 is 16.0 Å². The van der Waals surface area contributed by atoms with Gasteiger partial charge in [0, 0.05) is 11.3 Å². The first kappa shape index (κ1) is 17.7. The van der Waals surface area contributed by atoms with E-state index in [0.717, 1.165) is 5.57 Å². The number of phenols is 1. The Bertz CT molecular complexity index is 838. The van der Waals surface area contributed by atoms with Crippen LogP contribution in [0.4, 0.5) is 0 Å². The van der Waals surface area contributed by atoms with Crippen molar-refractivity contribution in [3.63, 3.8) is 0 Å². The number of hydrogen-bond donors (Lipinski definition) is 4. The molecule has 0 bridgehead atoms. The monoisotopic (exact) mass is 389 g/mol. The molecule has 3 aliphatic heterocycles. The zero-order chi connectivity index (χ0) is 19.1. The number of esters is 1. The van der Waals surface area contributed by atoms with Crippen molar-refractivity contribution in [1.82, 2.24) is 16.0 Å². The van der Waals surface area contributed by atoms with Gasteiger partial charge in [-0.2, -0.15) is 0 Å². The van der Waals surface area contributed by atoms with Gasteiger partial charge < -0.3 is 25.8 Å².